The minimum absolute atomic E-state index is 0.0535. The normalized spacial score (nSPS) is 11.3. The van der Waals surface area contributed by atoms with E-state index in [1.807, 2.05) is 24.3 Å². The molecule has 3 nitrogen and oxygen atoms in total. The molecule has 0 bridgehead atoms. The molecule has 1 aromatic carbocycles. The molecule has 14 heavy (non-hydrogen) atoms. The first-order valence-electron chi connectivity index (χ1n) is 4.04. The highest BCUT2D eigenvalue weighted by molar-refractivity contribution is 14.1. The Bertz CT molecular complexity index is 400. The Kier molecular flexibility index (Phi) is 4.18. The monoisotopic (exact) mass is 326 g/mol. The Balaban J connectivity index is 2.51. The molecule has 0 N–H and O–H groups in total. The maximum absolute atomic E-state index is 10.8. The van der Waals surface area contributed by atoms with E-state index in [9.17, 15) is 8.42 Å². The molecule has 0 aliphatic carbocycles. The van der Waals surface area contributed by atoms with Gasteiger partial charge in [-0.3, -0.25) is 0 Å². The van der Waals surface area contributed by atoms with Gasteiger partial charge in [-0.25, -0.2) is 8.42 Å². The maximum atomic E-state index is 10.8. The van der Waals surface area contributed by atoms with Crippen LogP contribution in [0.5, 0.6) is 5.75 Å². The molecule has 0 aromatic heterocycles. The van der Waals surface area contributed by atoms with E-state index in [1.54, 1.807) is 0 Å². The van der Waals surface area contributed by atoms with Gasteiger partial charge in [-0.15, -0.1) is 0 Å². The lowest BCUT2D eigenvalue weighted by Crippen LogP contribution is -2.12. The van der Waals surface area contributed by atoms with Gasteiger partial charge in [-0.05, 0) is 34.7 Å². The summed E-state index contributed by atoms with van der Waals surface area (Å²) < 4.78 is 28.0. The molecule has 0 amide bonds. The van der Waals surface area contributed by atoms with Crippen molar-refractivity contribution in [1.29, 1.82) is 0 Å². The number of hydrogen-bond acceptors (Lipinski definition) is 3. The smallest absolute Gasteiger partial charge is 0.150 e. The lowest BCUT2D eigenvalue weighted by molar-refractivity contribution is 0.339. The van der Waals surface area contributed by atoms with Crippen molar-refractivity contribution in [2.24, 2.45) is 0 Å². The van der Waals surface area contributed by atoms with Gasteiger partial charge in [0.1, 0.15) is 12.4 Å². The van der Waals surface area contributed by atoms with Gasteiger partial charge in [-0.1, -0.05) is 12.1 Å². The third-order valence-corrected chi connectivity index (χ3v) is 3.35. The van der Waals surface area contributed by atoms with Crippen LogP contribution in [0, 0.1) is 3.57 Å². The van der Waals surface area contributed by atoms with E-state index in [-0.39, 0.29) is 12.4 Å². The van der Waals surface area contributed by atoms with Gasteiger partial charge < -0.3 is 4.74 Å². The van der Waals surface area contributed by atoms with Crippen LogP contribution in [0.15, 0.2) is 24.3 Å². The molecule has 1 aromatic rings. The lowest BCUT2D eigenvalue weighted by atomic mass is 10.3. The Labute approximate surface area is 97.5 Å². The zero-order valence-corrected chi connectivity index (χ0v) is 10.7. The molecule has 5 heteroatoms. The van der Waals surface area contributed by atoms with Crippen LogP contribution in [0.4, 0.5) is 0 Å². The minimum Gasteiger partial charge on any atom is -0.491 e. The highest BCUT2D eigenvalue weighted by Gasteiger charge is 2.03. The van der Waals surface area contributed by atoms with Crippen LogP contribution < -0.4 is 4.74 Å². The molecule has 0 radical (unpaired) electrons. The zero-order valence-electron chi connectivity index (χ0n) is 7.73. The highest BCUT2D eigenvalue weighted by atomic mass is 127. The van der Waals surface area contributed by atoms with Crippen molar-refractivity contribution in [3.05, 3.63) is 27.8 Å². The van der Waals surface area contributed by atoms with Crippen molar-refractivity contribution in [1.82, 2.24) is 0 Å². The molecule has 0 unspecified atom stereocenters. The Hall–Kier alpha value is -0.300. The summed E-state index contributed by atoms with van der Waals surface area (Å²) in [5, 5.41) is 0. The second-order valence-electron chi connectivity index (χ2n) is 2.91. The Morgan fingerprint density at radius 2 is 2.00 bits per heavy atom. The van der Waals surface area contributed by atoms with Gasteiger partial charge in [-0.2, -0.15) is 0 Å². The quantitative estimate of drug-likeness (QED) is 0.792. The number of para-hydroxylation sites is 1. The SMILES string of the molecule is CS(=O)(=O)CCOc1ccccc1I. The van der Waals surface area contributed by atoms with E-state index in [4.69, 9.17) is 4.74 Å². The van der Waals surface area contributed by atoms with Gasteiger partial charge in [0.15, 0.2) is 9.84 Å². The second kappa shape index (κ2) is 4.97. The van der Waals surface area contributed by atoms with E-state index < -0.39 is 9.84 Å². The number of hydrogen-bond donors (Lipinski definition) is 0. The summed E-state index contributed by atoms with van der Waals surface area (Å²) in [6, 6.07) is 7.50. The molecular formula is C9H11IO3S. The number of ether oxygens (including phenoxy) is 1. The number of sulfone groups is 1. The standard InChI is InChI=1S/C9H11IO3S/c1-14(11,12)7-6-13-9-5-3-2-4-8(9)10/h2-5H,6-7H2,1H3. The third kappa shape index (κ3) is 4.28. The Morgan fingerprint density at radius 3 is 2.57 bits per heavy atom. The number of benzene rings is 1. The third-order valence-electron chi connectivity index (χ3n) is 1.55. The minimum atomic E-state index is -2.93. The van der Waals surface area contributed by atoms with Crippen molar-refractivity contribution < 1.29 is 13.2 Å². The van der Waals surface area contributed by atoms with E-state index in [1.165, 1.54) is 6.26 Å². The fourth-order valence-electron chi connectivity index (χ4n) is 0.865. The summed E-state index contributed by atoms with van der Waals surface area (Å²) >= 11 is 2.15. The van der Waals surface area contributed by atoms with Gasteiger partial charge in [0.25, 0.3) is 0 Å². The van der Waals surface area contributed by atoms with Crippen LogP contribution in [0.1, 0.15) is 0 Å². The van der Waals surface area contributed by atoms with Crippen LogP contribution >= 0.6 is 22.6 Å². The van der Waals surface area contributed by atoms with Crippen molar-refractivity contribution in [3.63, 3.8) is 0 Å². The highest BCUT2D eigenvalue weighted by Crippen LogP contribution is 2.19. The van der Waals surface area contributed by atoms with Crippen LogP contribution in [-0.4, -0.2) is 27.0 Å². The first kappa shape index (κ1) is 11.8. The van der Waals surface area contributed by atoms with Crippen LogP contribution in [-0.2, 0) is 9.84 Å². The summed E-state index contributed by atoms with van der Waals surface area (Å²) in [5.41, 5.74) is 0. The molecular weight excluding hydrogens is 315 g/mol. The molecule has 0 atom stereocenters. The molecule has 0 saturated carbocycles. The van der Waals surface area contributed by atoms with Gasteiger partial charge in [0, 0.05) is 6.26 Å². The fraction of sp³-hybridized carbons (Fsp3) is 0.333. The van der Waals surface area contributed by atoms with Crippen molar-refractivity contribution >= 4 is 32.4 Å². The van der Waals surface area contributed by atoms with Gasteiger partial charge >= 0.3 is 0 Å². The first-order valence-corrected chi connectivity index (χ1v) is 7.18. The van der Waals surface area contributed by atoms with Crippen LogP contribution in [0.3, 0.4) is 0 Å². The topological polar surface area (TPSA) is 43.4 Å². The average molecular weight is 326 g/mol. The summed E-state index contributed by atoms with van der Waals surface area (Å²) in [5.74, 6) is 0.787. The second-order valence-corrected chi connectivity index (χ2v) is 6.33. The molecule has 0 saturated heterocycles. The molecule has 0 heterocycles. The molecule has 1 rings (SSSR count). The molecule has 0 spiro atoms. The van der Waals surface area contributed by atoms with Crippen LogP contribution in [0.2, 0.25) is 0 Å². The van der Waals surface area contributed by atoms with Crippen LogP contribution in [0.25, 0.3) is 0 Å². The number of halogens is 1. The average Bonchev–Trinajstić information content (AvgIpc) is 2.06. The first-order chi connectivity index (χ1) is 6.49. The van der Waals surface area contributed by atoms with E-state index in [0.29, 0.717) is 0 Å². The largest absolute Gasteiger partial charge is 0.491 e. The van der Waals surface area contributed by atoms with Gasteiger partial charge in [0.05, 0.1) is 9.32 Å². The molecule has 78 valence electrons. The molecule has 0 fully saturated rings. The summed E-state index contributed by atoms with van der Waals surface area (Å²) in [7, 11) is -2.93. The van der Waals surface area contributed by atoms with E-state index in [2.05, 4.69) is 22.6 Å². The Morgan fingerprint density at radius 1 is 1.36 bits per heavy atom. The maximum Gasteiger partial charge on any atom is 0.150 e. The van der Waals surface area contributed by atoms with Crippen molar-refractivity contribution in [2.45, 2.75) is 0 Å². The van der Waals surface area contributed by atoms with Gasteiger partial charge in [0.2, 0.25) is 0 Å². The van der Waals surface area contributed by atoms with E-state index in [0.717, 1.165) is 9.32 Å². The van der Waals surface area contributed by atoms with Crippen molar-refractivity contribution in [2.75, 3.05) is 18.6 Å². The van der Waals surface area contributed by atoms with E-state index >= 15 is 0 Å². The zero-order chi connectivity index (χ0) is 10.6. The lowest BCUT2D eigenvalue weighted by Gasteiger charge is -2.06. The predicted molar refractivity (Wildman–Crippen MR) is 64.4 cm³/mol. The summed E-state index contributed by atoms with van der Waals surface area (Å²) in [6.45, 7) is 0.207. The molecule has 0 aliphatic heterocycles. The van der Waals surface area contributed by atoms with Crippen molar-refractivity contribution in [3.8, 4) is 5.75 Å². The summed E-state index contributed by atoms with van der Waals surface area (Å²) in [6.07, 6.45) is 1.20. The summed E-state index contributed by atoms with van der Waals surface area (Å²) in [4.78, 5) is 0. The predicted octanol–water partition coefficient (Wildman–Crippen LogP) is 1.71. The fourth-order valence-corrected chi connectivity index (χ4v) is 1.79. The molecule has 0 aliphatic rings. The number of rotatable bonds is 4.